The number of furan rings is 1. The first-order chi connectivity index (χ1) is 9.22. The Labute approximate surface area is 122 Å². The molecule has 2 aromatic rings. The fourth-order valence-corrected chi connectivity index (χ4v) is 3.00. The van der Waals surface area contributed by atoms with Crippen molar-refractivity contribution in [3.05, 3.63) is 58.5 Å². The van der Waals surface area contributed by atoms with Gasteiger partial charge in [-0.1, -0.05) is 28.1 Å². The summed E-state index contributed by atoms with van der Waals surface area (Å²) in [5.74, 6) is 1.72. The van der Waals surface area contributed by atoms with E-state index < -0.39 is 0 Å². The van der Waals surface area contributed by atoms with Crippen LogP contribution in [0.4, 0.5) is 0 Å². The largest absolute Gasteiger partial charge is 0.468 e. The Balaban J connectivity index is 1.51. The molecule has 3 heteroatoms. The molecular weight excluding hydrogens is 302 g/mol. The molecule has 0 spiro atoms. The highest BCUT2D eigenvalue weighted by Gasteiger charge is 2.31. The molecule has 1 aromatic heterocycles. The van der Waals surface area contributed by atoms with E-state index in [1.165, 1.54) is 18.4 Å². The standard InChI is InChI=1S/C16H18BrNO/c1-11(16-3-2-8-19-16)18-15-9-13(10-15)12-4-6-14(17)7-5-12/h2-8,11,13,15,18H,9-10H2,1H3. The van der Waals surface area contributed by atoms with Crippen LogP contribution in [-0.2, 0) is 0 Å². The first-order valence-corrected chi connectivity index (χ1v) is 7.56. The van der Waals surface area contributed by atoms with Gasteiger partial charge in [0.1, 0.15) is 5.76 Å². The van der Waals surface area contributed by atoms with Crippen LogP contribution in [0.3, 0.4) is 0 Å². The lowest BCUT2D eigenvalue weighted by molar-refractivity contribution is 0.258. The van der Waals surface area contributed by atoms with Crippen LogP contribution < -0.4 is 5.32 Å². The van der Waals surface area contributed by atoms with Gasteiger partial charge in [-0.05, 0) is 55.5 Å². The minimum Gasteiger partial charge on any atom is -0.468 e. The fraction of sp³-hybridized carbons (Fsp3) is 0.375. The molecular formula is C16H18BrNO. The van der Waals surface area contributed by atoms with Crippen LogP contribution in [0, 0.1) is 0 Å². The van der Waals surface area contributed by atoms with Crippen LogP contribution in [0.2, 0.25) is 0 Å². The molecule has 19 heavy (non-hydrogen) atoms. The monoisotopic (exact) mass is 319 g/mol. The van der Waals surface area contributed by atoms with Gasteiger partial charge in [-0.3, -0.25) is 0 Å². The van der Waals surface area contributed by atoms with Crippen LogP contribution in [-0.4, -0.2) is 6.04 Å². The number of halogens is 1. The highest BCUT2D eigenvalue weighted by atomic mass is 79.9. The zero-order valence-electron chi connectivity index (χ0n) is 11.0. The van der Waals surface area contributed by atoms with Gasteiger partial charge in [-0.15, -0.1) is 0 Å². The highest BCUT2D eigenvalue weighted by Crippen LogP contribution is 2.38. The Hall–Kier alpha value is -1.06. The predicted molar refractivity (Wildman–Crippen MR) is 80.2 cm³/mol. The van der Waals surface area contributed by atoms with Gasteiger partial charge in [0, 0.05) is 10.5 Å². The van der Waals surface area contributed by atoms with Crippen LogP contribution in [0.25, 0.3) is 0 Å². The second-order valence-electron chi connectivity index (χ2n) is 5.32. The Bertz CT molecular complexity index is 514. The summed E-state index contributed by atoms with van der Waals surface area (Å²) in [5.41, 5.74) is 1.45. The van der Waals surface area contributed by atoms with E-state index in [9.17, 15) is 0 Å². The first kappa shape index (κ1) is 12.9. The molecule has 0 saturated heterocycles. The van der Waals surface area contributed by atoms with Crippen LogP contribution in [0.5, 0.6) is 0 Å². The number of rotatable bonds is 4. The predicted octanol–water partition coefficient (Wildman–Crippen LogP) is 4.64. The molecule has 0 radical (unpaired) electrons. The van der Waals surface area contributed by atoms with Crippen LogP contribution >= 0.6 is 15.9 Å². The van der Waals surface area contributed by atoms with E-state index in [-0.39, 0.29) is 0 Å². The van der Waals surface area contributed by atoms with Crippen molar-refractivity contribution in [1.82, 2.24) is 5.32 Å². The summed E-state index contributed by atoms with van der Waals surface area (Å²) >= 11 is 3.48. The summed E-state index contributed by atoms with van der Waals surface area (Å²) in [4.78, 5) is 0. The molecule has 1 saturated carbocycles. The molecule has 1 heterocycles. The molecule has 1 unspecified atom stereocenters. The van der Waals surface area contributed by atoms with Gasteiger partial charge < -0.3 is 9.73 Å². The van der Waals surface area contributed by atoms with Gasteiger partial charge in [-0.25, -0.2) is 0 Å². The molecule has 0 amide bonds. The molecule has 1 aliphatic carbocycles. The zero-order valence-corrected chi connectivity index (χ0v) is 12.6. The summed E-state index contributed by atoms with van der Waals surface area (Å²) < 4.78 is 6.57. The Morgan fingerprint density at radius 3 is 2.58 bits per heavy atom. The summed E-state index contributed by atoms with van der Waals surface area (Å²) in [6, 6.07) is 13.6. The number of nitrogens with one attached hydrogen (secondary N) is 1. The zero-order chi connectivity index (χ0) is 13.2. The first-order valence-electron chi connectivity index (χ1n) is 6.77. The van der Waals surface area contributed by atoms with Gasteiger partial charge in [0.25, 0.3) is 0 Å². The third-order valence-electron chi connectivity index (χ3n) is 3.94. The number of hydrogen-bond acceptors (Lipinski definition) is 2. The van der Waals surface area contributed by atoms with Crippen molar-refractivity contribution in [2.75, 3.05) is 0 Å². The highest BCUT2D eigenvalue weighted by molar-refractivity contribution is 9.10. The summed E-state index contributed by atoms with van der Waals surface area (Å²) in [6.07, 6.45) is 4.16. The van der Waals surface area contributed by atoms with Gasteiger partial charge >= 0.3 is 0 Å². The van der Waals surface area contributed by atoms with E-state index in [0.717, 1.165) is 10.2 Å². The summed E-state index contributed by atoms with van der Waals surface area (Å²) in [7, 11) is 0. The lowest BCUT2D eigenvalue weighted by atomic mass is 9.75. The quantitative estimate of drug-likeness (QED) is 0.888. The number of benzene rings is 1. The maximum atomic E-state index is 5.42. The minimum atomic E-state index is 0.297. The molecule has 3 rings (SSSR count). The molecule has 1 aromatic carbocycles. The third kappa shape index (κ3) is 2.93. The molecule has 1 atom stereocenters. The Kier molecular flexibility index (Phi) is 3.76. The van der Waals surface area contributed by atoms with E-state index >= 15 is 0 Å². The number of hydrogen-bond donors (Lipinski definition) is 1. The normalized spacial score (nSPS) is 23.9. The topological polar surface area (TPSA) is 25.2 Å². The smallest absolute Gasteiger partial charge is 0.120 e. The molecule has 1 fully saturated rings. The SMILES string of the molecule is CC(NC1CC(c2ccc(Br)cc2)C1)c1ccco1. The van der Waals surface area contributed by atoms with Gasteiger partial charge in [0.05, 0.1) is 12.3 Å². The van der Waals surface area contributed by atoms with Gasteiger partial charge in [-0.2, -0.15) is 0 Å². The van der Waals surface area contributed by atoms with Crippen molar-refractivity contribution in [3.63, 3.8) is 0 Å². The summed E-state index contributed by atoms with van der Waals surface area (Å²) in [5, 5.41) is 3.63. The van der Waals surface area contributed by atoms with Gasteiger partial charge in [0.15, 0.2) is 0 Å². The van der Waals surface area contributed by atoms with Crippen molar-refractivity contribution in [2.45, 2.75) is 37.8 Å². The molecule has 1 N–H and O–H groups in total. The molecule has 0 aliphatic heterocycles. The Morgan fingerprint density at radius 1 is 1.21 bits per heavy atom. The lowest BCUT2D eigenvalue weighted by Crippen LogP contribution is -2.41. The van der Waals surface area contributed by atoms with Crippen molar-refractivity contribution in [1.29, 1.82) is 0 Å². The molecule has 1 aliphatic rings. The summed E-state index contributed by atoms with van der Waals surface area (Å²) in [6.45, 7) is 2.16. The van der Waals surface area contributed by atoms with E-state index in [1.54, 1.807) is 6.26 Å². The average molecular weight is 320 g/mol. The molecule has 100 valence electrons. The van der Waals surface area contributed by atoms with Crippen molar-refractivity contribution in [3.8, 4) is 0 Å². The third-order valence-corrected chi connectivity index (χ3v) is 4.46. The second-order valence-corrected chi connectivity index (χ2v) is 6.24. The second kappa shape index (κ2) is 5.51. The van der Waals surface area contributed by atoms with Crippen LogP contribution in [0.1, 0.15) is 43.0 Å². The Morgan fingerprint density at radius 2 is 1.95 bits per heavy atom. The van der Waals surface area contributed by atoms with Crippen LogP contribution in [0.15, 0.2) is 51.6 Å². The molecule has 2 nitrogen and oxygen atoms in total. The fourth-order valence-electron chi connectivity index (χ4n) is 2.73. The minimum absolute atomic E-state index is 0.297. The maximum Gasteiger partial charge on any atom is 0.120 e. The lowest BCUT2D eigenvalue weighted by Gasteiger charge is -2.37. The van der Waals surface area contributed by atoms with E-state index in [2.05, 4.69) is 52.4 Å². The van der Waals surface area contributed by atoms with Gasteiger partial charge in [0.2, 0.25) is 0 Å². The van der Waals surface area contributed by atoms with Crippen molar-refractivity contribution in [2.24, 2.45) is 0 Å². The van der Waals surface area contributed by atoms with Crippen molar-refractivity contribution < 1.29 is 4.42 Å². The molecule has 0 bridgehead atoms. The van der Waals surface area contributed by atoms with Crippen molar-refractivity contribution >= 4 is 15.9 Å². The maximum absolute atomic E-state index is 5.42. The van der Waals surface area contributed by atoms with E-state index in [0.29, 0.717) is 18.0 Å². The van der Waals surface area contributed by atoms with E-state index in [4.69, 9.17) is 4.42 Å². The van der Waals surface area contributed by atoms with E-state index in [1.807, 2.05) is 12.1 Å². The average Bonchev–Trinajstić information content (AvgIpc) is 2.88.